The van der Waals surface area contributed by atoms with E-state index in [1.165, 1.54) is 0 Å². The fourth-order valence-corrected chi connectivity index (χ4v) is 2.66. The minimum atomic E-state index is -0.521. The van der Waals surface area contributed by atoms with Gasteiger partial charge in [0.2, 0.25) is 0 Å². The van der Waals surface area contributed by atoms with E-state index >= 15 is 0 Å². The largest absolute Gasteiger partial charge is 0.387 e. The molecule has 20 heavy (non-hydrogen) atoms. The predicted octanol–water partition coefficient (Wildman–Crippen LogP) is 3.39. The van der Waals surface area contributed by atoms with Crippen LogP contribution in [-0.2, 0) is 6.54 Å². The van der Waals surface area contributed by atoms with Crippen molar-refractivity contribution in [3.05, 3.63) is 65.5 Å². The number of aryl methyl sites for hydroxylation is 2. The molecule has 0 radical (unpaired) electrons. The maximum atomic E-state index is 10.5. The molecule has 3 heteroatoms. The van der Waals surface area contributed by atoms with Gasteiger partial charge in [-0.05, 0) is 37.1 Å². The van der Waals surface area contributed by atoms with Crippen LogP contribution in [0.15, 0.2) is 48.5 Å². The minimum Gasteiger partial charge on any atom is -0.387 e. The van der Waals surface area contributed by atoms with E-state index in [4.69, 9.17) is 0 Å². The first-order valence-corrected chi connectivity index (χ1v) is 6.82. The van der Waals surface area contributed by atoms with Gasteiger partial charge in [-0.2, -0.15) is 0 Å². The molecule has 1 N–H and O–H groups in total. The van der Waals surface area contributed by atoms with Crippen molar-refractivity contribution in [3.8, 4) is 0 Å². The van der Waals surface area contributed by atoms with Crippen LogP contribution in [0.5, 0.6) is 0 Å². The standard InChI is InChI=1S/C17H18N2O/c1-12-7-3-4-8-14(12)17(20)11-19-13(2)18-15-9-5-6-10-16(15)19/h3-10,17,20H,11H2,1-2H3. The van der Waals surface area contributed by atoms with E-state index in [0.29, 0.717) is 6.54 Å². The molecule has 0 saturated heterocycles. The second kappa shape index (κ2) is 5.10. The van der Waals surface area contributed by atoms with E-state index in [2.05, 4.69) is 9.55 Å². The van der Waals surface area contributed by atoms with Crippen molar-refractivity contribution in [1.82, 2.24) is 9.55 Å². The highest BCUT2D eigenvalue weighted by atomic mass is 16.3. The molecule has 1 heterocycles. The van der Waals surface area contributed by atoms with Gasteiger partial charge in [0.05, 0.1) is 23.7 Å². The summed E-state index contributed by atoms with van der Waals surface area (Å²) >= 11 is 0. The number of fused-ring (bicyclic) bond motifs is 1. The van der Waals surface area contributed by atoms with Gasteiger partial charge in [0.1, 0.15) is 5.82 Å². The number of hydrogen-bond acceptors (Lipinski definition) is 2. The lowest BCUT2D eigenvalue weighted by atomic mass is 10.0. The summed E-state index contributed by atoms with van der Waals surface area (Å²) in [7, 11) is 0. The monoisotopic (exact) mass is 266 g/mol. The molecule has 0 aliphatic carbocycles. The smallest absolute Gasteiger partial charge is 0.106 e. The zero-order valence-electron chi connectivity index (χ0n) is 11.7. The van der Waals surface area contributed by atoms with Gasteiger partial charge in [0.25, 0.3) is 0 Å². The lowest BCUT2D eigenvalue weighted by Crippen LogP contribution is -2.11. The van der Waals surface area contributed by atoms with E-state index in [-0.39, 0.29) is 0 Å². The van der Waals surface area contributed by atoms with E-state index < -0.39 is 6.10 Å². The Morgan fingerprint density at radius 3 is 2.55 bits per heavy atom. The zero-order valence-corrected chi connectivity index (χ0v) is 11.7. The van der Waals surface area contributed by atoms with Crippen molar-refractivity contribution in [1.29, 1.82) is 0 Å². The Hall–Kier alpha value is -2.13. The lowest BCUT2D eigenvalue weighted by Gasteiger charge is -2.16. The van der Waals surface area contributed by atoms with Gasteiger partial charge < -0.3 is 9.67 Å². The van der Waals surface area contributed by atoms with Gasteiger partial charge in [-0.1, -0.05) is 36.4 Å². The molecule has 0 aliphatic heterocycles. The summed E-state index contributed by atoms with van der Waals surface area (Å²) in [6.07, 6.45) is -0.521. The van der Waals surface area contributed by atoms with Gasteiger partial charge in [-0.3, -0.25) is 0 Å². The van der Waals surface area contributed by atoms with Crippen molar-refractivity contribution >= 4 is 11.0 Å². The molecule has 3 rings (SSSR count). The molecule has 0 bridgehead atoms. The first-order chi connectivity index (χ1) is 9.66. The topological polar surface area (TPSA) is 38.0 Å². The zero-order chi connectivity index (χ0) is 14.1. The number of aromatic nitrogens is 2. The number of imidazole rings is 1. The molecule has 102 valence electrons. The summed E-state index contributed by atoms with van der Waals surface area (Å²) in [4.78, 5) is 4.53. The average Bonchev–Trinajstić information content (AvgIpc) is 2.76. The maximum Gasteiger partial charge on any atom is 0.106 e. The second-order valence-electron chi connectivity index (χ2n) is 5.13. The van der Waals surface area contributed by atoms with Gasteiger partial charge in [-0.25, -0.2) is 4.98 Å². The molecule has 1 aromatic heterocycles. The Bertz CT molecular complexity index is 746. The Balaban J connectivity index is 1.97. The molecule has 0 fully saturated rings. The average molecular weight is 266 g/mol. The number of hydrogen-bond donors (Lipinski definition) is 1. The molecule has 0 amide bonds. The molecule has 1 unspecified atom stereocenters. The third-order valence-corrected chi connectivity index (χ3v) is 3.75. The quantitative estimate of drug-likeness (QED) is 0.789. The number of benzene rings is 2. The summed E-state index contributed by atoms with van der Waals surface area (Å²) < 4.78 is 2.08. The number of para-hydroxylation sites is 2. The Labute approximate surface area is 118 Å². The van der Waals surface area contributed by atoms with Crippen molar-refractivity contribution in [3.63, 3.8) is 0 Å². The molecular formula is C17H18N2O. The fourth-order valence-electron chi connectivity index (χ4n) is 2.66. The molecule has 0 spiro atoms. The minimum absolute atomic E-state index is 0.521. The normalized spacial score (nSPS) is 12.8. The molecule has 2 aromatic carbocycles. The first kappa shape index (κ1) is 12.9. The third-order valence-electron chi connectivity index (χ3n) is 3.75. The Morgan fingerprint density at radius 1 is 1.05 bits per heavy atom. The molecule has 0 saturated carbocycles. The molecule has 1 atom stereocenters. The summed E-state index contributed by atoms with van der Waals surface area (Å²) in [5, 5.41) is 10.5. The van der Waals surface area contributed by atoms with Gasteiger partial charge >= 0.3 is 0 Å². The van der Waals surface area contributed by atoms with Crippen molar-refractivity contribution in [2.24, 2.45) is 0 Å². The molecular weight excluding hydrogens is 248 g/mol. The predicted molar refractivity (Wildman–Crippen MR) is 80.6 cm³/mol. The van der Waals surface area contributed by atoms with Gasteiger partial charge in [0.15, 0.2) is 0 Å². The van der Waals surface area contributed by atoms with Crippen LogP contribution < -0.4 is 0 Å². The van der Waals surface area contributed by atoms with Crippen LogP contribution in [0, 0.1) is 13.8 Å². The highest BCUT2D eigenvalue weighted by Crippen LogP contribution is 2.23. The number of nitrogens with zero attached hydrogens (tertiary/aromatic N) is 2. The third kappa shape index (κ3) is 2.21. The summed E-state index contributed by atoms with van der Waals surface area (Å²) in [5.41, 5.74) is 4.13. The summed E-state index contributed by atoms with van der Waals surface area (Å²) in [5.74, 6) is 0.929. The van der Waals surface area contributed by atoms with Gasteiger partial charge in [-0.15, -0.1) is 0 Å². The lowest BCUT2D eigenvalue weighted by molar-refractivity contribution is 0.156. The Kier molecular flexibility index (Phi) is 3.28. The Morgan fingerprint density at radius 2 is 1.75 bits per heavy atom. The van der Waals surface area contributed by atoms with Crippen LogP contribution in [0.2, 0.25) is 0 Å². The van der Waals surface area contributed by atoms with Crippen LogP contribution >= 0.6 is 0 Å². The molecule has 3 nitrogen and oxygen atoms in total. The van der Waals surface area contributed by atoms with Crippen molar-refractivity contribution < 1.29 is 5.11 Å². The summed E-state index contributed by atoms with van der Waals surface area (Å²) in [6.45, 7) is 4.53. The molecule has 0 aliphatic rings. The van der Waals surface area contributed by atoms with E-state index in [0.717, 1.165) is 28.0 Å². The van der Waals surface area contributed by atoms with E-state index in [1.807, 2.05) is 62.4 Å². The van der Waals surface area contributed by atoms with E-state index in [9.17, 15) is 5.11 Å². The number of rotatable bonds is 3. The van der Waals surface area contributed by atoms with Crippen molar-refractivity contribution in [2.75, 3.05) is 0 Å². The highest BCUT2D eigenvalue weighted by Gasteiger charge is 2.14. The van der Waals surface area contributed by atoms with Crippen LogP contribution in [0.25, 0.3) is 11.0 Å². The van der Waals surface area contributed by atoms with Crippen LogP contribution in [0.4, 0.5) is 0 Å². The summed E-state index contributed by atoms with van der Waals surface area (Å²) in [6, 6.07) is 16.0. The first-order valence-electron chi connectivity index (χ1n) is 6.82. The SMILES string of the molecule is Cc1ccccc1C(O)Cn1c(C)nc2ccccc21. The highest BCUT2D eigenvalue weighted by molar-refractivity contribution is 5.75. The van der Waals surface area contributed by atoms with Crippen molar-refractivity contribution in [2.45, 2.75) is 26.5 Å². The number of aliphatic hydroxyl groups is 1. The molecule has 3 aromatic rings. The van der Waals surface area contributed by atoms with Crippen LogP contribution in [0.3, 0.4) is 0 Å². The van der Waals surface area contributed by atoms with Gasteiger partial charge in [0, 0.05) is 0 Å². The van der Waals surface area contributed by atoms with Crippen LogP contribution in [0.1, 0.15) is 23.1 Å². The number of aliphatic hydroxyl groups excluding tert-OH is 1. The fraction of sp³-hybridized carbons (Fsp3) is 0.235. The second-order valence-corrected chi connectivity index (χ2v) is 5.13. The van der Waals surface area contributed by atoms with Crippen LogP contribution in [-0.4, -0.2) is 14.7 Å². The van der Waals surface area contributed by atoms with E-state index in [1.54, 1.807) is 0 Å². The maximum absolute atomic E-state index is 10.5.